The molecule has 0 aromatic carbocycles. The van der Waals surface area contributed by atoms with E-state index < -0.39 is 4.92 Å². The van der Waals surface area contributed by atoms with Crippen molar-refractivity contribution in [1.29, 1.82) is 0 Å². The number of pyridine rings is 1. The lowest BCUT2D eigenvalue weighted by Gasteiger charge is -2.17. The summed E-state index contributed by atoms with van der Waals surface area (Å²) in [6.45, 7) is 0.684. The average Bonchev–Trinajstić information content (AvgIpc) is 2.34. The smallest absolute Gasteiger partial charge is 0.311 e. The van der Waals surface area contributed by atoms with E-state index in [0.717, 1.165) is 5.75 Å². The number of hydrazine groups is 1. The van der Waals surface area contributed by atoms with E-state index in [1.165, 1.54) is 12.1 Å². The van der Waals surface area contributed by atoms with Crippen LogP contribution >= 0.6 is 11.8 Å². The van der Waals surface area contributed by atoms with Gasteiger partial charge in [0.15, 0.2) is 0 Å². The highest BCUT2D eigenvalue weighted by atomic mass is 32.2. The predicted molar refractivity (Wildman–Crippen MR) is 70.4 cm³/mol. The maximum absolute atomic E-state index is 10.9. The molecule has 3 N–H and O–H groups in total. The summed E-state index contributed by atoms with van der Waals surface area (Å²) < 4.78 is 0. The number of thioether (sulfide) groups is 1. The van der Waals surface area contributed by atoms with Crippen LogP contribution in [0.4, 0.5) is 17.3 Å². The van der Waals surface area contributed by atoms with Crippen LogP contribution in [0.1, 0.15) is 0 Å². The van der Waals surface area contributed by atoms with Gasteiger partial charge in [0, 0.05) is 25.4 Å². The van der Waals surface area contributed by atoms with E-state index in [2.05, 4.69) is 10.4 Å². The summed E-state index contributed by atoms with van der Waals surface area (Å²) in [5.74, 6) is 6.83. The van der Waals surface area contributed by atoms with Gasteiger partial charge in [-0.05, 0) is 12.3 Å². The zero-order valence-corrected chi connectivity index (χ0v) is 10.5. The second kappa shape index (κ2) is 6.26. The van der Waals surface area contributed by atoms with Crippen molar-refractivity contribution in [2.45, 2.75) is 0 Å². The Kier molecular flexibility index (Phi) is 4.98. The number of aromatic nitrogens is 1. The molecule has 0 radical (unpaired) electrons. The maximum Gasteiger partial charge on any atom is 0.311 e. The molecule has 17 heavy (non-hydrogen) atoms. The fourth-order valence-corrected chi connectivity index (χ4v) is 1.74. The Morgan fingerprint density at radius 1 is 1.65 bits per heavy atom. The molecule has 7 nitrogen and oxygen atoms in total. The molecule has 0 fully saturated rings. The van der Waals surface area contributed by atoms with Gasteiger partial charge >= 0.3 is 5.69 Å². The molecule has 0 atom stereocenters. The lowest BCUT2D eigenvalue weighted by Crippen LogP contribution is -2.23. The first-order valence-corrected chi connectivity index (χ1v) is 6.31. The highest BCUT2D eigenvalue weighted by molar-refractivity contribution is 7.98. The Morgan fingerprint density at radius 2 is 2.35 bits per heavy atom. The molecular weight excluding hydrogens is 242 g/mol. The highest BCUT2D eigenvalue weighted by Crippen LogP contribution is 2.26. The van der Waals surface area contributed by atoms with E-state index >= 15 is 0 Å². The van der Waals surface area contributed by atoms with E-state index in [9.17, 15) is 10.1 Å². The fraction of sp³-hybridized carbons (Fsp3) is 0.444. The summed E-state index contributed by atoms with van der Waals surface area (Å²) in [5.41, 5.74) is 2.36. The number of nitrogens with two attached hydrogens (primary N) is 1. The molecule has 0 aliphatic carbocycles. The third-order valence-electron chi connectivity index (χ3n) is 2.19. The van der Waals surface area contributed by atoms with Crippen molar-refractivity contribution in [1.82, 2.24) is 4.98 Å². The van der Waals surface area contributed by atoms with Crippen LogP contribution in [0.5, 0.6) is 0 Å². The Labute approximate surface area is 104 Å². The van der Waals surface area contributed by atoms with E-state index in [1.54, 1.807) is 23.7 Å². The molecule has 1 rings (SSSR count). The van der Waals surface area contributed by atoms with Crippen molar-refractivity contribution in [3.05, 3.63) is 22.2 Å². The largest absolute Gasteiger partial charge is 0.353 e. The number of nitro groups is 1. The van der Waals surface area contributed by atoms with Crippen molar-refractivity contribution < 1.29 is 4.92 Å². The third kappa shape index (κ3) is 3.46. The van der Waals surface area contributed by atoms with E-state index in [1.807, 2.05) is 6.26 Å². The monoisotopic (exact) mass is 257 g/mol. The van der Waals surface area contributed by atoms with Crippen LogP contribution in [0.25, 0.3) is 0 Å². The molecule has 94 valence electrons. The van der Waals surface area contributed by atoms with E-state index in [0.29, 0.717) is 18.2 Å². The van der Waals surface area contributed by atoms with Crippen LogP contribution in [-0.2, 0) is 0 Å². The Morgan fingerprint density at radius 3 is 2.88 bits per heavy atom. The normalized spacial score (nSPS) is 10.1. The molecule has 8 heteroatoms. The van der Waals surface area contributed by atoms with Crippen molar-refractivity contribution in [3.63, 3.8) is 0 Å². The van der Waals surface area contributed by atoms with Crippen LogP contribution in [0, 0.1) is 10.1 Å². The lowest BCUT2D eigenvalue weighted by molar-refractivity contribution is -0.384. The van der Waals surface area contributed by atoms with Gasteiger partial charge in [-0.2, -0.15) is 11.8 Å². The minimum Gasteiger partial charge on any atom is -0.353 e. The molecule has 0 saturated heterocycles. The first-order valence-electron chi connectivity index (χ1n) is 4.92. The van der Waals surface area contributed by atoms with Gasteiger partial charge in [0.25, 0.3) is 0 Å². The van der Waals surface area contributed by atoms with Gasteiger partial charge in [-0.25, -0.2) is 10.8 Å². The first-order chi connectivity index (χ1) is 8.10. The van der Waals surface area contributed by atoms with Gasteiger partial charge in [0.2, 0.25) is 5.82 Å². The molecule has 1 aromatic rings. The Bertz CT molecular complexity index is 401. The summed E-state index contributed by atoms with van der Waals surface area (Å²) in [6, 6.07) is 2.87. The summed E-state index contributed by atoms with van der Waals surface area (Å²) >= 11 is 1.67. The predicted octanol–water partition coefficient (Wildman–Crippen LogP) is 1.07. The second-order valence-corrected chi connectivity index (χ2v) is 4.34. The fourth-order valence-electron chi connectivity index (χ4n) is 1.28. The minimum absolute atomic E-state index is 0.0207. The quantitative estimate of drug-likeness (QED) is 0.447. The second-order valence-electron chi connectivity index (χ2n) is 3.36. The number of nitrogens with one attached hydrogen (secondary N) is 1. The van der Waals surface area contributed by atoms with E-state index in [-0.39, 0.29) is 5.69 Å². The standard InChI is InChI=1S/C9H15N5O2S/c1-13(5-6-17-2)9-7(14(15)16)3-4-8(11-9)12-10/h3-4H,5-6,10H2,1-2H3,(H,11,12). The molecular formula is C9H15N5O2S. The Hall–Kier alpha value is -1.54. The van der Waals surface area contributed by atoms with Gasteiger partial charge in [0.05, 0.1) is 4.92 Å². The van der Waals surface area contributed by atoms with Crippen molar-refractivity contribution in [2.24, 2.45) is 5.84 Å². The SMILES string of the molecule is CSCCN(C)c1nc(NN)ccc1[N+](=O)[O-]. The van der Waals surface area contributed by atoms with Crippen LogP contribution < -0.4 is 16.2 Å². The minimum atomic E-state index is -0.446. The summed E-state index contributed by atoms with van der Waals surface area (Å²) in [4.78, 5) is 16.3. The number of anilines is 2. The van der Waals surface area contributed by atoms with Crippen LogP contribution in [-0.4, -0.2) is 35.5 Å². The summed E-state index contributed by atoms with van der Waals surface area (Å²) in [6.07, 6.45) is 1.98. The van der Waals surface area contributed by atoms with Gasteiger partial charge in [0.1, 0.15) is 5.82 Å². The summed E-state index contributed by atoms with van der Waals surface area (Å²) in [7, 11) is 1.77. The van der Waals surface area contributed by atoms with Gasteiger partial charge in [-0.15, -0.1) is 0 Å². The number of rotatable bonds is 6. The zero-order chi connectivity index (χ0) is 12.8. The van der Waals surface area contributed by atoms with Crippen LogP contribution in [0.3, 0.4) is 0 Å². The molecule has 0 saturated carbocycles. The van der Waals surface area contributed by atoms with Gasteiger partial charge < -0.3 is 10.3 Å². The highest BCUT2D eigenvalue weighted by Gasteiger charge is 2.19. The summed E-state index contributed by atoms with van der Waals surface area (Å²) in [5, 5.41) is 10.9. The number of nitrogen functional groups attached to an aromatic ring is 1. The van der Waals surface area contributed by atoms with Crippen molar-refractivity contribution in [2.75, 3.05) is 35.9 Å². The van der Waals surface area contributed by atoms with Crippen molar-refractivity contribution in [3.8, 4) is 0 Å². The molecule has 0 aliphatic heterocycles. The van der Waals surface area contributed by atoms with Gasteiger partial charge in [-0.1, -0.05) is 0 Å². The molecule has 1 aromatic heterocycles. The zero-order valence-electron chi connectivity index (χ0n) is 9.71. The molecule has 1 heterocycles. The number of nitrogens with zero attached hydrogens (tertiary/aromatic N) is 3. The van der Waals surface area contributed by atoms with Crippen molar-refractivity contribution >= 4 is 29.1 Å². The first kappa shape index (κ1) is 13.5. The van der Waals surface area contributed by atoms with Crippen LogP contribution in [0.2, 0.25) is 0 Å². The van der Waals surface area contributed by atoms with E-state index in [4.69, 9.17) is 5.84 Å². The van der Waals surface area contributed by atoms with Crippen LogP contribution in [0.15, 0.2) is 12.1 Å². The molecule has 0 amide bonds. The molecule has 0 unspecified atom stereocenters. The Balaban J connectivity index is 3.03. The number of hydrogen-bond acceptors (Lipinski definition) is 7. The topological polar surface area (TPSA) is 97.3 Å². The molecule has 0 bridgehead atoms. The molecule has 0 aliphatic rings. The number of hydrogen-bond donors (Lipinski definition) is 2. The van der Waals surface area contributed by atoms with Gasteiger partial charge in [-0.3, -0.25) is 10.1 Å². The maximum atomic E-state index is 10.9. The molecule has 0 spiro atoms. The third-order valence-corrected chi connectivity index (χ3v) is 2.78. The average molecular weight is 257 g/mol. The lowest BCUT2D eigenvalue weighted by atomic mass is 10.3.